The number of nitrogens with zero attached hydrogens (tertiary/aromatic N) is 1. The second kappa shape index (κ2) is 8.93. The molecule has 0 spiro atoms. The van der Waals surface area contributed by atoms with E-state index in [4.69, 9.17) is 0 Å². The van der Waals surface area contributed by atoms with Gasteiger partial charge in [-0.2, -0.15) is 11.8 Å². The van der Waals surface area contributed by atoms with Crippen molar-refractivity contribution in [1.29, 1.82) is 0 Å². The highest BCUT2D eigenvalue weighted by molar-refractivity contribution is 7.98. The van der Waals surface area contributed by atoms with Crippen LogP contribution in [-0.2, 0) is 4.79 Å². The van der Waals surface area contributed by atoms with Crippen LogP contribution in [0.1, 0.15) is 53.4 Å². The Morgan fingerprint density at radius 3 is 2.45 bits per heavy atom. The van der Waals surface area contributed by atoms with Crippen LogP contribution in [0.4, 0.5) is 0 Å². The van der Waals surface area contributed by atoms with Crippen molar-refractivity contribution in [3.05, 3.63) is 0 Å². The molecule has 1 aliphatic heterocycles. The fraction of sp³-hybridized carbons (Fsp3) is 0.938. The number of thioether (sulfide) groups is 1. The van der Waals surface area contributed by atoms with Gasteiger partial charge in [0.1, 0.15) is 0 Å². The van der Waals surface area contributed by atoms with Gasteiger partial charge in [-0.15, -0.1) is 0 Å². The second-order valence-electron chi connectivity index (χ2n) is 6.62. The average Bonchev–Trinajstić information content (AvgIpc) is 2.67. The Balaban J connectivity index is 2.49. The standard InChI is InChI=1S/C16H32N2OS/c1-12(2)11-14-16(19)18(15(17-14)13(3)4)9-7-6-8-10-20-5/h12-15,17H,6-11H2,1-5H3. The van der Waals surface area contributed by atoms with Crippen LogP contribution >= 0.6 is 11.8 Å². The molecule has 1 N–H and O–H groups in total. The van der Waals surface area contributed by atoms with Gasteiger partial charge in [0.2, 0.25) is 5.91 Å². The molecule has 0 aromatic heterocycles. The number of carbonyl (C=O) groups excluding carboxylic acids is 1. The van der Waals surface area contributed by atoms with E-state index in [9.17, 15) is 4.79 Å². The molecule has 3 nitrogen and oxygen atoms in total. The highest BCUT2D eigenvalue weighted by Crippen LogP contribution is 2.22. The summed E-state index contributed by atoms with van der Waals surface area (Å²) in [6.45, 7) is 9.68. The summed E-state index contributed by atoms with van der Waals surface area (Å²) in [6, 6.07) is 0.0357. The van der Waals surface area contributed by atoms with Crippen LogP contribution in [-0.4, -0.2) is 41.6 Å². The van der Waals surface area contributed by atoms with E-state index in [-0.39, 0.29) is 12.2 Å². The van der Waals surface area contributed by atoms with Crippen LogP contribution in [0.2, 0.25) is 0 Å². The summed E-state index contributed by atoms with van der Waals surface area (Å²) in [5, 5.41) is 3.55. The first-order valence-electron chi connectivity index (χ1n) is 8.02. The van der Waals surface area contributed by atoms with Crippen molar-refractivity contribution in [3.63, 3.8) is 0 Å². The molecule has 0 saturated carbocycles. The van der Waals surface area contributed by atoms with Gasteiger partial charge in [0.05, 0.1) is 12.2 Å². The fourth-order valence-corrected chi connectivity index (χ4v) is 3.34. The molecule has 0 bridgehead atoms. The zero-order chi connectivity index (χ0) is 15.1. The van der Waals surface area contributed by atoms with Gasteiger partial charge in [0.25, 0.3) is 0 Å². The molecule has 1 heterocycles. The molecule has 1 amide bonds. The Labute approximate surface area is 129 Å². The number of amides is 1. The van der Waals surface area contributed by atoms with Crippen molar-refractivity contribution in [2.45, 2.75) is 65.6 Å². The largest absolute Gasteiger partial charge is 0.326 e. The van der Waals surface area contributed by atoms with Crippen LogP contribution in [0.25, 0.3) is 0 Å². The summed E-state index contributed by atoms with van der Waals surface area (Å²) in [7, 11) is 0. The lowest BCUT2D eigenvalue weighted by atomic mass is 10.0. The first-order valence-corrected chi connectivity index (χ1v) is 9.42. The number of hydrogen-bond acceptors (Lipinski definition) is 3. The predicted octanol–water partition coefficient (Wildman–Crippen LogP) is 3.35. The Morgan fingerprint density at radius 2 is 1.90 bits per heavy atom. The van der Waals surface area contributed by atoms with Crippen molar-refractivity contribution >= 4 is 17.7 Å². The van der Waals surface area contributed by atoms with Crippen molar-refractivity contribution in [2.24, 2.45) is 11.8 Å². The first kappa shape index (κ1) is 17.8. The first-order chi connectivity index (χ1) is 9.47. The van der Waals surface area contributed by atoms with Gasteiger partial charge in [-0.1, -0.05) is 34.1 Å². The molecule has 20 heavy (non-hydrogen) atoms. The van der Waals surface area contributed by atoms with Crippen LogP contribution in [0, 0.1) is 11.8 Å². The summed E-state index contributed by atoms with van der Waals surface area (Å²) in [4.78, 5) is 14.6. The summed E-state index contributed by atoms with van der Waals surface area (Å²) < 4.78 is 0. The Bertz CT molecular complexity index is 294. The lowest BCUT2D eigenvalue weighted by Gasteiger charge is -2.27. The smallest absolute Gasteiger partial charge is 0.241 e. The fourth-order valence-electron chi connectivity index (χ4n) is 2.85. The normalized spacial score (nSPS) is 23.4. The van der Waals surface area contributed by atoms with Crippen molar-refractivity contribution < 1.29 is 4.79 Å². The highest BCUT2D eigenvalue weighted by atomic mass is 32.2. The van der Waals surface area contributed by atoms with Crippen LogP contribution in [0.5, 0.6) is 0 Å². The maximum absolute atomic E-state index is 12.5. The van der Waals surface area contributed by atoms with Crippen molar-refractivity contribution in [2.75, 3.05) is 18.6 Å². The molecule has 0 aromatic carbocycles. The summed E-state index contributed by atoms with van der Waals surface area (Å²) in [5.41, 5.74) is 0. The highest BCUT2D eigenvalue weighted by Gasteiger charge is 2.39. The van der Waals surface area contributed by atoms with Gasteiger partial charge in [0, 0.05) is 6.54 Å². The molecule has 4 heteroatoms. The minimum atomic E-state index is 0.0357. The van der Waals surface area contributed by atoms with Gasteiger partial charge in [-0.25, -0.2) is 0 Å². The van der Waals surface area contributed by atoms with E-state index in [0.717, 1.165) is 19.4 Å². The zero-order valence-electron chi connectivity index (χ0n) is 13.8. The van der Waals surface area contributed by atoms with Gasteiger partial charge in [0.15, 0.2) is 0 Å². The Kier molecular flexibility index (Phi) is 7.96. The molecular weight excluding hydrogens is 268 g/mol. The van der Waals surface area contributed by atoms with E-state index in [1.807, 2.05) is 11.8 Å². The van der Waals surface area contributed by atoms with E-state index in [1.54, 1.807) is 0 Å². The molecule has 0 aliphatic carbocycles. The monoisotopic (exact) mass is 300 g/mol. The molecular formula is C16H32N2OS. The third-order valence-corrected chi connectivity index (χ3v) is 4.57. The quantitative estimate of drug-likeness (QED) is 0.663. The molecule has 0 radical (unpaired) electrons. The van der Waals surface area contributed by atoms with E-state index < -0.39 is 0 Å². The molecule has 2 atom stereocenters. The predicted molar refractivity (Wildman–Crippen MR) is 89.0 cm³/mol. The number of rotatable bonds is 9. The third kappa shape index (κ3) is 5.28. The summed E-state index contributed by atoms with van der Waals surface area (Å²) in [6.07, 6.45) is 6.95. The minimum Gasteiger partial charge on any atom is -0.326 e. The number of nitrogens with one attached hydrogen (secondary N) is 1. The van der Waals surface area contributed by atoms with Crippen LogP contribution in [0.3, 0.4) is 0 Å². The summed E-state index contributed by atoms with van der Waals surface area (Å²) in [5.74, 6) is 2.59. The maximum Gasteiger partial charge on any atom is 0.241 e. The lowest BCUT2D eigenvalue weighted by molar-refractivity contribution is -0.130. The summed E-state index contributed by atoms with van der Waals surface area (Å²) >= 11 is 1.90. The number of unbranched alkanes of at least 4 members (excludes halogenated alkanes) is 2. The molecule has 0 aromatic rings. The van der Waals surface area contributed by atoms with Crippen LogP contribution < -0.4 is 5.32 Å². The average molecular weight is 301 g/mol. The van der Waals surface area contributed by atoms with Gasteiger partial charge in [-0.05, 0) is 43.1 Å². The molecule has 1 aliphatic rings. The van der Waals surface area contributed by atoms with Gasteiger partial charge >= 0.3 is 0 Å². The number of carbonyl (C=O) groups is 1. The minimum absolute atomic E-state index is 0.0357. The van der Waals surface area contributed by atoms with Crippen LogP contribution in [0.15, 0.2) is 0 Å². The SMILES string of the molecule is CSCCCCCN1C(=O)C(CC(C)C)NC1C(C)C. The Morgan fingerprint density at radius 1 is 1.20 bits per heavy atom. The van der Waals surface area contributed by atoms with E-state index in [1.165, 1.54) is 18.6 Å². The van der Waals surface area contributed by atoms with Gasteiger partial charge in [-0.3, -0.25) is 10.1 Å². The van der Waals surface area contributed by atoms with E-state index in [0.29, 0.717) is 17.7 Å². The topological polar surface area (TPSA) is 32.3 Å². The molecule has 118 valence electrons. The maximum atomic E-state index is 12.5. The molecule has 1 saturated heterocycles. The number of hydrogen-bond donors (Lipinski definition) is 1. The van der Waals surface area contributed by atoms with E-state index in [2.05, 4.69) is 44.2 Å². The lowest BCUT2D eigenvalue weighted by Crippen LogP contribution is -2.42. The zero-order valence-corrected chi connectivity index (χ0v) is 14.6. The van der Waals surface area contributed by atoms with E-state index >= 15 is 0 Å². The van der Waals surface area contributed by atoms with Crippen molar-refractivity contribution in [3.8, 4) is 0 Å². The molecule has 2 unspecified atom stereocenters. The molecule has 1 rings (SSSR count). The molecule has 1 fully saturated rings. The second-order valence-corrected chi connectivity index (χ2v) is 7.61. The van der Waals surface area contributed by atoms with Crippen molar-refractivity contribution in [1.82, 2.24) is 10.2 Å². The van der Waals surface area contributed by atoms with Gasteiger partial charge < -0.3 is 4.90 Å². The Hall–Kier alpha value is -0.220. The third-order valence-electron chi connectivity index (χ3n) is 3.87.